The summed E-state index contributed by atoms with van der Waals surface area (Å²) in [5, 5.41) is 0.618. The Morgan fingerprint density at radius 1 is 1.03 bits per heavy atom. The van der Waals surface area contributed by atoms with Crippen molar-refractivity contribution in [2.45, 2.75) is 12.6 Å². The molecular formula is C24H25F3N4O. The smallest absolute Gasteiger partial charge is 0.378 e. The van der Waals surface area contributed by atoms with Crippen molar-refractivity contribution in [3.63, 3.8) is 0 Å². The van der Waals surface area contributed by atoms with Crippen molar-refractivity contribution in [1.82, 2.24) is 14.5 Å². The van der Waals surface area contributed by atoms with Gasteiger partial charge in [-0.1, -0.05) is 6.08 Å². The molecule has 3 aromatic rings. The largest absolute Gasteiger partial charge is 0.416 e. The summed E-state index contributed by atoms with van der Waals surface area (Å²) in [5.74, 6) is 0.881. The van der Waals surface area contributed by atoms with E-state index in [0.29, 0.717) is 18.6 Å². The molecular weight excluding hydrogens is 417 g/mol. The molecule has 0 spiro atoms. The second-order valence-corrected chi connectivity index (χ2v) is 8.36. The van der Waals surface area contributed by atoms with Gasteiger partial charge in [-0.3, -0.25) is 0 Å². The zero-order chi connectivity index (χ0) is 22.3. The minimum Gasteiger partial charge on any atom is -0.378 e. The van der Waals surface area contributed by atoms with Gasteiger partial charge in [-0.2, -0.15) is 13.2 Å². The molecule has 0 bridgehead atoms. The van der Waals surface area contributed by atoms with Gasteiger partial charge in [0, 0.05) is 43.3 Å². The van der Waals surface area contributed by atoms with Crippen molar-refractivity contribution in [3.8, 4) is 5.69 Å². The second-order valence-electron chi connectivity index (χ2n) is 8.36. The SMILES string of the molecule is CN1CC=C(c2cn(-c3ccc(N4CCOCC4)nc3)c3ccc(C(F)(F)F)cc23)CC1. The number of fused-ring (bicyclic) bond motifs is 1. The van der Waals surface area contributed by atoms with Crippen LogP contribution >= 0.6 is 0 Å². The Morgan fingerprint density at radius 3 is 2.50 bits per heavy atom. The lowest BCUT2D eigenvalue weighted by Crippen LogP contribution is -2.36. The lowest BCUT2D eigenvalue weighted by molar-refractivity contribution is -0.137. The first-order chi connectivity index (χ1) is 15.4. The number of aromatic nitrogens is 2. The van der Waals surface area contributed by atoms with E-state index in [2.05, 4.69) is 20.9 Å². The first-order valence-electron chi connectivity index (χ1n) is 10.8. The van der Waals surface area contributed by atoms with Gasteiger partial charge in [0.1, 0.15) is 5.82 Å². The molecule has 5 nitrogen and oxygen atoms in total. The molecule has 0 atom stereocenters. The number of hydrogen-bond acceptors (Lipinski definition) is 4. The molecule has 1 aromatic carbocycles. The monoisotopic (exact) mass is 442 g/mol. The number of pyridine rings is 1. The third-order valence-corrected chi connectivity index (χ3v) is 6.24. The Labute approximate surface area is 184 Å². The van der Waals surface area contributed by atoms with Gasteiger partial charge in [-0.05, 0) is 49.4 Å². The Morgan fingerprint density at radius 2 is 1.84 bits per heavy atom. The van der Waals surface area contributed by atoms with Crippen LogP contribution in [0.1, 0.15) is 17.5 Å². The standard InChI is InChI=1S/C24H25F3N4O/c1-29-8-6-17(7-9-29)21-16-31(22-4-2-18(14-20(21)22)24(25,26)27)19-3-5-23(28-15-19)30-10-12-32-13-11-30/h2-6,14-16H,7-13H2,1H3. The average Bonchev–Trinajstić information content (AvgIpc) is 3.19. The number of nitrogens with zero attached hydrogens (tertiary/aromatic N) is 4. The molecule has 168 valence electrons. The van der Waals surface area contributed by atoms with Crippen LogP contribution in [0.5, 0.6) is 0 Å². The minimum absolute atomic E-state index is 0.618. The molecule has 8 heteroatoms. The lowest BCUT2D eigenvalue weighted by Gasteiger charge is -2.27. The normalized spacial score (nSPS) is 18.2. The van der Waals surface area contributed by atoms with Crippen molar-refractivity contribution >= 4 is 22.3 Å². The third kappa shape index (κ3) is 4.00. The van der Waals surface area contributed by atoms with Gasteiger partial charge in [0.25, 0.3) is 0 Å². The van der Waals surface area contributed by atoms with Gasteiger partial charge >= 0.3 is 6.18 Å². The molecule has 2 aliphatic heterocycles. The maximum absolute atomic E-state index is 13.4. The van der Waals surface area contributed by atoms with Gasteiger partial charge in [0.05, 0.1) is 36.2 Å². The number of hydrogen-bond donors (Lipinski definition) is 0. The predicted octanol–water partition coefficient (Wildman–Crippen LogP) is 4.60. The summed E-state index contributed by atoms with van der Waals surface area (Å²) in [7, 11) is 2.04. The summed E-state index contributed by atoms with van der Waals surface area (Å²) in [6.45, 7) is 4.63. The predicted molar refractivity (Wildman–Crippen MR) is 119 cm³/mol. The van der Waals surface area contributed by atoms with Crippen LogP contribution in [0.2, 0.25) is 0 Å². The van der Waals surface area contributed by atoms with Crippen LogP contribution in [0.15, 0.2) is 48.8 Å². The zero-order valence-electron chi connectivity index (χ0n) is 17.9. The van der Waals surface area contributed by atoms with E-state index in [-0.39, 0.29) is 0 Å². The summed E-state index contributed by atoms with van der Waals surface area (Å²) in [6.07, 6.45) is 2.28. The van der Waals surface area contributed by atoms with Gasteiger partial charge < -0.3 is 19.1 Å². The molecule has 1 saturated heterocycles. The van der Waals surface area contributed by atoms with E-state index in [4.69, 9.17) is 4.74 Å². The zero-order valence-corrected chi connectivity index (χ0v) is 17.9. The van der Waals surface area contributed by atoms with Crippen molar-refractivity contribution < 1.29 is 17.9 Å². The number of halogens is 3. The van der Waals surface area contributed by atoms with Crippen LogP contribution in [0.25, 0.3) is 22.2 Å². The number of likely N-dealkylation sites (N-methyl/N-ethyl adjacent to an activating group) is 1. The summed E-state index contributed by atoms with van der Waals surface area (Å²) in [6, 6.07) is 7.93. The lowest BCUT2D eigenvalue weighted by atomic mass is 9.98. The highest BCUT2D eigenvalue weighted by Gasteiger charge is 2.31. The van der Waals surface area contributed by atoms with Crippen LogP contribution in [-0.4, -0.2) is 60.9 Å². The maximum Gasteiger partial charge on any atom is 0.416 e. The molecule has 0 aliphatic carbocycles. The number of rotatable bonds is 3. The molecule has 2 aromatic heterocycles. The topological polar surface area (TPSA) is 33.5 Å². The average molecular weight is 442 g/mol. The van der Waals surface area contributed by atoms with Crippen LogP contribution < -0.4 is 4.90 Å². The number of morpholine rings is 1. The van der Waals surface area contributed by atoms with E-state index >= 15 is 0 Å². The molecule has 2 aliphatic rings. The Kier molecular flexibility index (Phi) is 5.43. The van der Waals surface area contributed by atoms with E-state index in [1.807, 2.05) is 29.9 Å². The summed E-state index contributed by atoms with van der Waals surface area (Å²) >= 11 is 0. The van der Waals surface area contributed by atoms with Crippen molar-refractivity contribution in [2.75, 3.05) is 51.3 Å². The molecule has 4 heterocycles. The summed E-state index contributed by atoms with van der Waals surface area (Å²) in [5.41, 5.74) is 2.89. The van der Waals surface area contributed by atoms with Crippen molar-refractivity contribution in [3.05, 3.63) is 59.9 Å². The van der Waals surface area contributed by atoms with Gasteiger partial charge in [-0.15, -0.1) is 0 Å². The third-order valence-electron chi connectivity index (χ3n) is 6.24. The fraction of sp³-hybridized carbons (Fsp3) is 0.375. The van der Waals surface area contributed by atoms with Crippen molar-refractivity contribution in [1.29, 1.82) is 0 Å². The van der Waals surface area contributed by atoms with E-state index < -0.39 is 11.7 Å². The first-order valence-corrected chi connectivity index (χ1v) is 10.8. The number of ether oxygens (including phenoxy) is 1. The summed E-state index contributed by atoms with van der Waals surface area (Å²) < 4.78 is 47.7. The van der Waals surface area contributed by atoms with E-state index in [9.17, 15) is 13.2 Å². The number of benzene rings is 1. The van der Waals surface area contributed by atoms with Gasteiger partial charge in [0.2, 0.25) is 0 Å². The van der Waals surface area contributed by atoms with Crippen LogP contribution in [0, 0.1) is 0 Å². The molecule has 0 N–H and O–H groups in total. The highest BCUT2D eigenvalue weighted by molar-refractivity contribution is 5.95. The molecule has 5 rings (SSSR count). The fourth-order valence-electron chi connectivity index (χ4n) is 4.39. The number of alkyl halides is 3. The second kappa shape index (κ2) is 8.26. The van der Waals surface area contributed by atoms with E-state index in [1.54, 1.807) is 12.3 Å². The summed E-state index contributed by atoms with van der Waals surface area (Å²) in [4.78, 5) is 8.99. The molecule has 1 fully saturated rings. The number of anilines is 1. The minimum atomic E-state index is -4.38. The Balaban J connectivity index is 1.58. The molecule has 0 radical (unpaired) electrons. The Hall–Kier alpha value is -2.84. The molecule has 0 saturated carbocycles. The van der Waals surface area contributed by atoms with Crippen LogP contribution in [-0.2, 0) is 10.9 Å². The quantitative estimate of drug-likeness (QED) is 0.594. The van der Waals surface area contributed by atoms with Crippen LogP contribution in [0.3, 0.4) is 0 Å². The fourth-order valence-corrected chi connectivity index (χ4v) is 4.39. The first kappa shape index (κ1) is 21.0. The molecule has 0 amide bonds. The van der Waals surface area contributed by atoms with Crippen LogP contribution in [0.4, 0.5) is 19.0 Å². The van der Waals surface area contributed by atoms with Gasteiger partial charge in [-0.25, -0.2) is 4.98 Å². The van der Waals surface area contributed by atoms with E-state index in [1.165, 1.54) is 6.07 Å². The molecule has 32 heavy (non-hydrogen) atoms. The highest BCUT2D eigenvalue weighted by atomic mass is 19.4. The van der Waals surface area contributed by atoms with E-state index in [0.717, 1.165) is 66.8 Å². The highest BCUT2D eigenvalue weighted by Crippen LogP contribution is 2.37. The Bertz CT molecular complexity index is 1140. The van der Waals surface area contributed by atoms with Crippen molar-refractivity contribution in [2.24, 2.45) is 0 Å². The molecule has 0 unspecified atom stereocenters. The van der Waals surface area contributed by atoms with Gasteiger partial charge in [0.15, 0.2) is 0 Å². The maximum atomic E-state index is 13.4.